The Morgan fingerprint density at radius 3 is 2.29 bits per heavy atom. The zero-order valence-electron chi connectivity index (χ0n) is 10.2. The van der Waals surface area contributed by atoms with Crippen LogP contribution in [0.25, 0.3) is 0 Å². The third-order valence-corrected chi connectivity index (χ3v) is 3.44. The number of unbranched alkanes of at least 4 members (excludes halogenated alkanes) is 1. The van der Waals surface area contributed by atoms with Gasteiger partial charge in [-0.25, -0.2) is 0 Å². The maximum absolute atomic E-state index is 5.74. The Morgan fingerprint density at radius 1 is 1.18 bits per heavy atom. The van der Waals surface area contributed by atoms with Crippen molar-refractivity contribution >= 4 is 37.5 Å². The van der Waals surface area contributed by atoms with Gasteiger partial charge < -0.3 is 15.4 Å². The largest absolute Gasteiger partial charge is 0.491 e. The monoisotopic (exact) mass is 364 g/mol. The van der Waals surface area contributed by atoms with Crippen molar-refractivity contribution in [3.05, 3.63) is 21.1 Å². The molecule has 0 unspecified atom stereocenters. The van der Waals surface area contributed by atoms with E-state index in [4.69, 9.17) is 10.5 Å². The summed E-state index contributed by atoms with van der Waals surface area (Å²) in [6.45, 7) is 1.81. The number of anilines is 1. The lowest BCUT2D eigenvalue weighted by atomic mass is 10.3. The molecule has 0 aliphatic carbocycles. The number of benzene rings is 1. The van der Waals surface area contributed by atoms with Crippen LogP contribution in [0.3, 0.4) is 0 Å². The van der Waals surface area contributed by atoms with E-state index in [1.165, 1.54) is 0 Å². The second-order valence-corrected chi connectivity index (χ2v) is 5.88. The molecule has 5 heteroatoms. The topological polar surface area (TPSA) is 38.5 Å². The van der Waals surface area contributed by atoms with Crippen LogP contribution in [-0.4, -0.2) is 32.1 Å². The molecule has 0 bridgehead atoms. The smallest absolute Gasteiger partial charge is 0.147 e. The van der Waals surface area contributed by atoms with E-state index >= 15 is 0 Å². The predicted molar refractivity (Wildman–Crippen MR) is 79.5 cm³/mol. The Morgan fingerprint density at radius 2 is 1.76 bits per heavy atom. The van der Waals surface area contributed by atoms with Gasteiger partial charge in [-0.15, -0.1) is 0 Å². The van der Waals surface area contributed by atoms with Crippen molar-refractivity contribution in [1.29, 1.82) is 0 Å². The molecular weight excluding hydrogens is 348 g/mol. The highest BCUT2D eigenvalue weighted by atomic mass is 79.9. The van der Waals surface area contributed by atoms with Gasteiger partial charge >= 0.3 is 0 Å². The molecule has 0 atom stereocenters. The molecule has 0 saturated heterocycles. The second-order valence-electron chi connectivity index (χ2n) is 4.17. The van der Waals surface area contributed by atoms with Gasteiger partial charge in [0.15, 0.2) is 0 Å². The first kappa shape index (κ1) is 14.8. The normalized spacial score (nSPS) is 10.9. The molecule has 1 rings (SSSR count). The van der Waals surface area contributed by atoms with Crippen molar-refractivity contribution in [1.82, 2.24) is 4.90 Å². The van der Waals surface area contributed by atoms with Crippen LogP contribution in [0.4, 0.5) is 5.69 Å². The molecule has 1 aromatic rings. The van der Waals surface area contributed by atoms with Gasteiger partial charge in [-0.3, -0.25) is 0 Å². The second kappa shape index (κ2) is 7.24. The summed E-state index contributed by atoms with van der Waals surface area (Å²) in [4.78, 5) is 2.18. The Kier molecular flexibility index (Phi) is 6.30. The van der Waals surface area contributed by atoms with Crippen LogP contribution in [-0.2, 0) is 0 Å². The van der Waals surface area contributed by atoms with Crippen LogP contribution in [0, 0.1) is 0 Å². The van der Waals surface area contributed by atoms with Crippen molar-refractivity contribution in [2.75, 3.05) is 33.0 Å². The molecule has 0 heterocycles. The number of nitrogen functional groups attached to an aromatic ring is 1. The number of nitrogens with zero attached hydrogens (tertiary/aromatic N) is 1. The molecule has 0 aliphatic rings. The molecule has 3 nitrogen and oxygen atoms in total. The van der Waals surface area contributed by atoms with E-state index < -0.39 is 0 Å². The summed E-state index contributed by atoms with van der Waals surface area (Å²) in [5, 5.41) is 0. The van der Waals surface area contributed by atoms with Crippen molar-refractivity contribution in [2.24, 2.45) is 0 Å². The molecule has 2 N–H and O–H groups in total. The van der Waals surface area contributed by atoms with Gasteiger partial charge in [-0.05, 0) is 77.5 Å². The maximum atomic E-state index is 5.74. The summed E-state index contributed by atoms with van der Waals surface area (Å²) in [5.41, 5.74) is 6.43. The lowest BCUT2D eigenvalue weighted by Gasteiger charge is -2.12. The fraction of sp³-hybridized carbons (Fsp3) is 0.500. The van der Waals surface area contributed by atoms with E-state index in [-0.39, 0.29) is 0 Å². The number of rotatable bonds is 6. The number of halogens is 2. The van der Waals surface area contributed by atoms with Crippen molar-refractivity contribution in [3.63, 3.8) is 0 Å². The molecule has 1 aromatic carbocycles. The lowest BCUT2D eigenvalue weighted by Crippen LogP contribution is -2.13. The van der Waals surface area contributed by atoms with Gasteiger partial charge in [-0.2, -0.15) is 0 Å². The average molecular weight is 366 g/mol. The Labute approximate surface area is 120 Å². The highest BCUT2D eigenvalue weighted by molar-refractivity contribution is 9.11. The minimum atomic E-state index is 0.712. The molecule has 0 fully saturated rings. The molecular formula is C12H18Br2N2O. The molecule has 0 radical (unpaired) electrons. The lowest BCUT2D eigenvalue weighted by molar-refractivity contribution is 0.290. The maximum Gasteiger partial charge on any atom is 0.147 e. The van der Waals surface area contributed by atoms with Gasteiger partial charge in [0.05, 0.1) is 15.6 Å². The summed E-state index contributed by atoms with van der Waals surface area (Å²) < 4.78 is 7.51. The molecule has 0 aliphatic heterocycles. The summed E-state index contributed by atoms with van der Waals surface area (Å²) in [6, 6.07) is 3.69. The number of nitrogens with two attached hydrogens (primary N) is 1. The van der Waals surface area contributed by atoms with Crippen LogP contribution in [0.15, 0.2) is 21.1 Å². The fourth-order valence-electron chi connectivity index (χ4n) is 1.42. The molecule has 0 amide bonds. The minimum Gasteiger partial charge on any atom is -0.491 e. The van der Waals surface area contributed by atoms with Gasteiger partial charge in [0.25, 0.3) is 0 Å². The fourth-order valence-corrected chi connectivity index (χ4v) is 2.87. The zero-order chi connectivity index (χ0) is 12.8. The van der Waals surface area contributed by atoms with Crippen LogP contribution in [0.2, 0.25) is 0 Å². The average Bonchev–Trinajstić information content (AvgIpc) is 2.20. The molecule has 0 aromatic heterocycles. The Hall–Kier alpha value is -0.260. The van der Waals surface area contributed by atoms with Gasteiger partial charge in [0.2, 0.25) is 0 Å². The van der Waals surface area contributed by atoms with E-state index in [0.717, 1.165) is 40.7 Å². The highest BCUT2D eigenvalue weighted by Crippen LogP contribution is 2.35. The van der Waals surface area contributed by atoms with Crippen LogP contribution >= 0.6 is 31.9 Å². The Balaban J connectivity index is 2.42. The van der Waals surface area contributed by atoms with Crippen molar-refractivity contribution in [3.8, 4) is 5.75 Å². The summed E-state index contributed by atoms with van der Waals surface area (Å²) >= 11 is 6.89. The predicted octanol–water partition coefficient (Wildman–Crippen LogP) is 3.51. The number of ether oxygens (including phenoxy) is 1. The number of hydrogen-bond acceptors (Lipinski definition) is 3. The van der Waals surface area contributed by atoms with Crippen LogP contribution < -0.4 is 10.5 Å². The molecule has 17 heavy (non-hydrogen) atoms. The van der Waals surface area contributed by atoms with Gasteiger partial charge in [0, 0.05) is 5.69 Å². The van der Waals surface area contributed by atoms with Crippen molar-refractivity contribution in [2.45, 2.75) is 12.8 Å². The van der Waals surface area contributed by atoms with E-state index in [0.29, 0.717) is 5.69 Å². The standard InChI is InChI=1S/C12H18Br2N2O/c1-16(2)5-3-4-6-17-12-10(13)7-9(15)8-11(12)14/h7-8H,3-6,15H2,1-2H3. The van der Waals surface area contributed by atoms with Crippen molar-refractivity contribution < 1.29 is 4.74 Å². The SMILES string of the molecule is CN(C)CCCCOc1c(Br)cc(N)cc1Br. The first-order valence-electron chi connectivity index (χ1n) is 5.52. The summed E-state index contributed by atoms with van der Waals surface area (Å²) in [6.07, 6.45) is 2.18. The Bertz CT molecular complexity index is 347. The van der Waals surface area contributed by atoms with E-state index in [1.807, 2.05) is 12.1 Å². The van der Waals surface area contributed by atoms with E-state index in [2.05, 4.69) is 50.9 Å². The molecule has 96 valence electrons. The molecule has 0 spiro atoms. The highest BCUT2D eigenvalue weighted by Gasteiger charge is 2.07. The third kappa shape index (κ3) is 5.27. The third-order valence-electron chi connectivity index (χ3n) is 2.27. The van der Waals surface area contributed by atoms with Gasteiger partial charge in [-0.1, -0.05) is 0 Å². The molecule has 0 saturated carbocycles. The quantitative estimate of drug-likeness (QED) is 0.619. The van der Waals surface area contributed by atoms with Gasteiger partial charge in [0.1, 0.15) is 5.75 Å². The first-order chi connectivity index (χ1) is 8.00. The van der Waals surface area contributed by atoms with Crippen LogP contribution in [0.1, 0.15) is 12.8 Å². The van der Waals surface area contributed by atoms with E-state index in [1.54, 1.807) is 0 Å². The summed E-state index contributed by atoms with van der Waals surface area (Å²) in [5.74, 6) is 0.823. The van der Waals surface area contributed by atoms with Crippen LogP contribution in [0.5, 0.6) is 5.75 Å². The summed E-state index contributed by atoms with van der Waals surface area (Å²) in [7, 11) is 4.15. The van der Waals surface area contributed by atoms with E-state index in [9.17, 15) is 0 Å². The zero-order valence-corrected chi connectivity index (χ0v) is 13.3. The number of hydrogen-bond donors (Lipinski definition) is 1. The first-order valence-corrected chi connectivity index (χ1v) is 7.11. The minimum absolute atomic E-state index is 0.712.